The fraction of sp³-hybridized carbons (Fsp3) is 1.00. The standard InChI is InChI=1S/C15H30N2O/c1-4-7-16-9-14-5-6-15(18-14)11-17-10-12(2)8-13(17)3/h12-16H,4-11H2,1-3H3. The topological polar surface area (TPSA) is 24.5 Å². The molecule has 2 heterocycles. The summed E-state index contributed by atoms with van der Waals surface area (Å²) in [4.78, 5) is 2.62. The second kappa shape index (κ2) is 6.88. The average Bonchev–Trinajstić information content (AvgIpc) is 2.88. The average molecular weight is 254 g/mol. The first-order valence-electron chi connectivity index (χ1n) is 7.79. The molecule has 4 unspecified atom stereocenters. The lowest BCUT2D eigenvalue weighted by atomic mass is 10.1. The van der Waals surface area contributed by atoms with Crippen LogP contribution in [0.5, 0.6) is 0 Å². The summed E-state index contributed by atoms with van der Waals surface area (Å²) in [6.45, 7) is 11.5. The summed E-state index contributed by atoms with van der Waals surface area (Å²) in [6, 6.07) is 0.751. The molecule has 4 atom stereocenters. The van der Waals surface area contributed by atoms with Crippen molar-refractivity contribution >= 4 is 0 Å². The van der Waals surface area contributed by atoms with Crippen LogP contribution in [0.1, 0.15) is 46.5 Å². The maximum absolute atomic E-state index is 6.15. The summed E-state index contributed by atoms with van der Waals surface area (Å²) in [6.07, 6.45) is 5.98. The van der Waals surface area contributed by atoms with Crippen molar-refractivity contribution in [1.29, 1.82) is 0 Å². The molecule has 3 nitrogen and oxygen atoms in total. The van der Waals surface area contributed by atoms with Crippen LogP contribution in [0, 0.1) is 5.92 Å². The molecule has 0 aromatic carbocycles. The van der Waals surface area contributed by atoms with E-state index in [1.807, 2.05) is 0 Å². The Balaban J connectivity index is 1.66. The molecule has 0 aromatic rings. The van der Waals surface area contributed by atoms with Crippen LogP contribution < -0.4 is 5.32 Å². The Morgan fingerprint density at radius 3 is 2.67 bits per heavy atom. The van der Waals surface area contributed by atoms with Crippen molar-refractivity contribution < 1.29 is 4.74 Å². The van der Waals surface area contributed by atoms with E-state index >= 15 is 0 Å². The molecule has 18 heavy (non-hydrogen) atoms. The molecule has 2 rings (SSSR count). The van der Waals surface area contributed by atoms with Crippen LogP contribution in [-0.2, 0) is 4.74 Å². The fourth-order valence-corrected chi connectivity index (χ4v) is 3.41. The highest BCUT2D eigenvalue weighted by molar-refractivity contribution is 4.84. The van der Waals surface area contributed by atoms with Gasteiger partial charge in [-0.1, -0.05) is 13.8 Å². The monoisotopic (exact) mass is 254 g/mol. The maximum atomic E-state index is 6.15. The zero-order chi connectivity index (χ0) is 13.0. The smallest absolute Gasteiger partial charge is 0.0707 e. The first kappa shape index (κ1) is 14.3. The summed E-state index contributed by atoms with van der Waals surface area (Å²) in [5.41, 5.74) is 0. The Hall–Kier alpha value is -0.120. The predicted molar refractivity (Wildman–Crippen MR) is 75.9 cm³/mol. The Morgan fingerprint density at radius 1 is 1.22 bits per heavy atom. The molecular formula is C15H30N2O. The summed E-state index contributed by atoms with van der Waals surface area (Å²) in [5, 5.41) is 3.47. The van der Waals surface area contributed by atoms with E-state index in [0.29, 0.717) is 12.2 Å². The molecule has 3 heteroatoms. The van der Waals surface area contributed by atoms with E-state index in [2.05, 4.69) is 31.0 Å². The highest BCUT2D eigenvalue weighted by Crippen LogP contribution is 2.26. The molecule has 106 valence electrons. The number of hydrogen-bond acceptors (Lipinski definition) is 3. The van der Waals surface area contributed by atoms with E-state index in [4.69, 9.17) is 4.74 Å². The lowest BCUT2D eigenvalue weighted by Crippen LogP contribution is -2.36. The van der Waals surface area contributed by atoms with Gasteiger partial charge in [0.15, 0.2) is 0 Å². The lowest BCUT2D eigenvalue weighted by molar-refractivity contribution is 0.0218. The summed E-state index contributed by atoms with van der Waals surface area (Å²) >= 11 is 0. The van der Waals surface area contributed by atoms with Gasteiger partial charge in [0.1, 0.15) is 0 Å². The molecule has 0 saturated carbocycles. The van der Waals surface area contributed by atoms with Gasteiger partial charge in [-0.05, 0) is 45.1 Å². The molecule has 2 aliphatic heterocycles. The van der Waals surface area contributed by atoms with Crippen molar-refractivity contribution in [2.24, 2.45) is 5.92 Å². The van der Waals surface area contributed by atoms with E-state index in [0.717, 1.165) is 31.6 Å². The molecular weight excluding hydrogens is 224 g/mol. The van der Waals surface area contributed by atoms with Gasteiger partial charge in [0.25, 0.3) is 0 Å². The number of likely N-dealkylation sites (tertiary alicyclic amines) is 1. The third-order valence-corrected chi connectivity index (χ3v) is 4.35. The molecule has 0 spiro atoms. The van der Waals surface area contributed by atoms with Crippen LogP contribution >= 0.6 is 0 Å². The number of hydrogen-bond donors (Lipinski definition) is 1. The third kappa shape index (κ3) is 3.94. The van der Waals surface area contributed by atoms with E-state index in [-0.39, 0.29) is 0 Å². The molecule has 0 amide bonds. The summed E-state index contributed by atoms with van der Waals surface area (Å²) in [7, 11) is 0. The number of ether oxygens (including phenoxy) is 1. The number of rotatable bonds is 6. The quantitative estimate of drug-likeness (QED) is 0.736. The molecule has 0 aliphatic carbocycles. The molecule has 2 aliphatic rings. The Bertz CT molecular complexity index is 247. The van der Waals surface area contributed by atoms with Gasteiger partial charge in [0.2, 0.25) is 0 Å². The van der Waals surface area contributed by atoms with E-state index in [1.54, 1.807) is 0 Å². The third-order valence-electron chi connectivity index (χ3n) is 4.35. The van der Waals surface area contributed by atoms with Gasteiger partial charge in [0.05, 0.1) is 12.2 Å². The highest BCUT2D eigenvalue weighted by Gasteiger charge is 2.31. The number of nitrogens with zero attached hydrogens (tertiary/aromatic N) is 1. The van der Waals surface area contributed by atoms with Crippen LogP contribution in [0.15, 0.2) is 0 Å². The van der Waals surface area contributed by atoms with Crippen LogP contribution in [0.2, 0.25) is 0 Å². The lowest BCUT2D eigenvalue weighted by Gasteiger charge is -2.25. The van der Waals surface area contributed by atoms with Gasteiger partial charge in [-0.2, -0.15) is 0 Å². The fourth-order valence-electron chi connectivity index (χ4n) is 3.41. The first-order valence-corrected chi connectivity index (χ1v) is 7.79. The van der Waals surface area contributed by atoms with Crippen molar-refractivity contribution in [3.63, 3.8) is 0 Å². The van der Waals surface area contributed by atoms with Gasteiger partial charge in [0, 0.05) is 25.7 Å². The van der Waals surface area contributed by atoms with Crippen molar-refractivity contribution in [2.45, 2.75) is 64.7 Å². The summed E-state index contributed by atoms with van der Waals surface area (Å²) < 4.78 is 6.15. The first-order chi connectivity index (χ1) is 8.69. The van der Waals surface area contributed by atoms with Gasteiger partial charge in [-0.3, -0.25) is 4.90 Å². The van der Waals surface area contributed by atoms with E-state index in [9.17, 15) is 0 Å². The molecule has 0 aromatic heterocycles. The largest absolute Gasteiger partial charge is 0.372 e. The Labute approximate surface area is 112 Å². The second-order valence-corrected chi connectivity index (χ2v) is 6.31. The molecule has 2 saturated heterocycles. The van der Waals surface area contributed by atoms with Crippen LogP contribution in [0.25, 0.3) is 0 Å². The Kier molecular flexibility index (Phi) is 5.46. The SMILES string of the molecule is CCCNCC1CCC(CN2CC(C)CC2C)O1. The van der Waals surface area contributed by atoms with E-state index in [1.165, 1.54) is 32.2 Å². The van der Waals surface area contributed by atoms with Gasteiger partial charge < -0.3 is 10.1 Å². The normalized spacial score (nSPS) is 37.5. The molecule has 2 fully saturated rings. The van der Waals surface area contributed by atoms with E-state index < -0.39 is 0 Å². The van der Waals surface area contributed by atoms with Gasteiger partial charge in [-0.25, -0.2) is 0 Å². The minimum atomic E-state index is 0.455. The van der Waals surface area contributed by atoms with Crippen molar-refractivity contribution in [2.75, 3.05) is 26.2 Å². The second-order valence-electron chi connectivity index (χ2n) is 6.31. The zero-order valence-electron chi connectivity index (χ0n) is 12.3. The summed E-state index contributed by atoms with van der Waals surface area (Å²) in [5.74, 6) is 0.864. The minimum absolute atomic E-state index is 0.455. The van der Waals surface area contributed by atoms with Gasteiger partial charge in [-0.15, -0.1) is 0 Å². The van der Waals surface area contributed by atoms with Gasteiger partial charge >= 0.3 is 0 Å². The predicted octanol–water partition coefficient (Wildman–Crippen LogP) is 2.26. The van der Waals surface area contributed by atoms with Crippen LogP contribution in [0.3, 0.4) is 0 Å². The number of nitrogens with one attached hydrogen (secondary N) is 1. The van der Waals surface area contributed by atoms with Crippen molar-refractivity contribution in [3.8, 4) is 0 Å². The minimum Gasteiger partial charge on any atom is -0.372 e. The molecule has 1 N–H and O–H groups in total. The van der Waals surface area contributed by atoms with Crippen molar-refractivity contribution in [1.82, 2.24) is 10.2 Å². The highest BCUT2D eigenvalue weighted by atomic mass is 16.5. The van der Waals surface area contributed by atoms with Crippen LogP contribution in [-0.4, -0.2) is 49.3 Å². The van der Waals surface area contributed by atoms with Crippen LogP contribution in [0.4, 0.5) is 0 Å². The molecule has 0 bridgehead atoms. The van der Waals surface area contributed by atoms with Crippen molar-refractivity contribution in [3.05, 3.63) is 0 Å². The molecule has 0 radical (unpaired) electrons. The maximum Gasteiger partial charge on any atom is 0.0707 e. The Morgan fingerprint density at radius 2 is 2.00 bits per heavy atom. The zero-order valence-corrected chi connectivity index (χ0v) is 12.3.